The number of carbonyl (C=O) groups is 1. The summed E-state index contributed by atoms with van der Waals surface area (Å²) in [4.78, 5) is 25.9. The quantitative estimate of drug-likeness (QED) is 0.407. The summed E-state index contributed by atoms with van der Waals surface area (Å²) in [6.45, 7) is 9.37. The summed E-state index contributed by atoms with van der Waals surface area (Å²) in [6, 6.07) is 22.3. The largest absolute Gasteiger partial charge is 0.369 e. The number of amidine groups is 1. The molecule has 38 heavy (non-hydrogen) atoms. The van der Waals surface area contributed by atoms with E-state index in [9.17, 15) is 13.6 Å². The zero-order chi connectivity index (χ0) is 26.7. The Hall–Kier alpha value is -3.58. The summed E-state index contributed by atoms with van der Waals surface area (Å²) in [7, 11) is 0. The minimum absolute atomic E-state index is 0.0103. The van der Waals surface area contributed by atoms with Gasteiger partial charge in [0.15, 0.2) is 5.54 Å². The van der Waals surface area contributed by atoms with Crippen LogP contribution in [0.1, 0.15) is 31.4 Å². The van der Waals surface area contributed by atoms with Gasteiger partial charge in [-0.05, 0) is 60.5 Å². The molecule has 5 nitrogen and oxygen atoms in total. The third kappa shape index (κ3) is 5.07. The Balaban J connectivity index is 1.32. The summed E-state index contributed by atoms with van der Waals surface area (Å²) in [5, 5.41) is 0. The van der Waals surface area contributed by atoms with Gasteiger partial charge in [0.2, 0.25) is 0 Å². The van der Waals surface area contributed by atoms with Crippen LogP contribution < -0.4 is 4.90 Å². The fourth-order valence-corrected chi connectivity index (χ4v) is 5.48. The Morgan fingerprint density at radius 2 is 1.34 bits per heavy atom. The summed E-state index contributed by atoms with van der Waals surface area (Å²) >= 11 is 0. The van der Waals surface area contributed by atoms with Crippen LogP contribution in [0, 0.1) is 17.6 Å². The fourth-order valence-electron chi connectivity index (χ4n) is 5.48. The highest BCUT2D eigenvalue weighted by atomic mass is 19.1. The van der Waals surface area contributed by atoms with Crippen LogP contribution >= 0.6 is 0 Å². The summed E-state index contributed by atoms with van der Waals surface area (Å²) < 4.78 is 27.6. The molecule has 2 aliphatic rings. The standard InChI is InChI=1S/C31H34F2N4O/c1-23(2)29-34-31(24-9-13-26(32)14-10-24,25-11-15-27(33)16-12-25)30(38)37(29)18-6-17-35-19-21-36(22-20-35)28-7-4-3-5-8-28/h3-5,7-16,23H,6,17-22H2,1-2H3. The first-order valence-corrected chi connectivity index (χ1v) is 13.3. The molecule has 3 aromatic rings. The maximum absolute atomic E-state index is 14.2. The Morgan fingerprint density at radius 1 is 0.789 bits per heavy atom. The topological polar surface area (TPSA) is 39.2 Å². The van der Waals surface area contributed by atoms with Gasteiger partial charge >= 0.3 is 0 Å². The summed E-state index contributed by atoms with van der Waals surface area (Å²) in [6.07, 6.45) is 0.811. The summed E-state index contributed by atoms with van der Waals surface area (Å²) in [5.41, 5.74) is 1.05. The molecule has 1 saturated heterocycles. The number of nitrogens with zero attached hydrogens (tertiary/aromatic N) is 4. The van der Waals surface area contributed by atoms with Crippen molar-refractivity contribution in [3.05, 3.63) is 102 Å². The van der Waals surface area contributed by atoms with Crippen LogP contribution in [0.5, 0.6) is 0 Å². The molecule has 7 heteroatoms. The second kappa shape index (κ2) is 11.0. The zero-order valence-electron chi connectivity index (χ0n) is 22.0. The Morgan fingerprint density at radius 3 is 1.87 bits per heavy atom. The molecule has 198 valence electrons. The van der Waals surface area contributed by atoms with Crippen LogP contribution in [-0.4, -0.2) is 60.8 Å². The van der Waals surface area contributed by atoms with Crippen LogP contribution in [0.25, 0.3) is 0 Å². The SMILES string of the molecule is CC(C)C1=NC(c2ccc(F)cc2)(c2ccc(F)cc2)C(=O)N1CCCN1CCN(c2ccccc2)CC1. The van der Waals surface area contributed by atoms with E-state index in [1.807, 2.05) is 19.9 Å². The highest BCUT2D eigenvalue weighted by molar-refractivity contribution is 6.11. The van der Waals surface area contributed by atoms with Gasteiger partial charge < -0.3 is 4.90 Å². The molecule has 1 amide bonds. The van der Waals surface area contributed by atoms with Crippen LogP contribution in [0.3, 0.4) is 0 Å². The molecule has 0 saturated carbocycles. The molecule has 3 aromatic carbocycles. The van der Waals surface area contributed by atoms with Gasteiger partial charge in [-0.2, -0.15) is 0 Å². The van der Waals surface area contributed by atoms with Crippen molar-refractivity contribution in [1.82, 2.24) is 9.80 Å². The number of hydrogen-bond donors (Lipinski definition) is 0. The van der Waals surface area contributed by atoms with Gasteiger partial charge in [-0.1, -0.05) is 56.3 Å². The smallest absolute Gasteiger partial charge is 0.265 e. The van der Waals surface area contributed by atoms with Crippen molar-refractivity contribution < 1.29 is 13.6 Å². The van der Waals surface area contributed by atoms with Crippen molar-refractivity contribution in [1.29, 1.82) is 0 Å². The minimum atomic E-state index is -1.36. The Kier molecular flexibility index (Phi) is 7.56. The van der Waals surface area contributed by atoms with E-state index in [-0.39, 0.29) is 23.5 Å². The lowest BCUT2D eigenvalue weighted by Gasteiger charge is -2.36. The van der Waals surface area contributed by atoms with Crippen LogP contribution in [0.4, 0.5) is 14.5 Å². The molecule has 0 spiro atoms. The number of rotatable bonds is 8. The lowest BCUT2D eigenvalue weighted by Crippen LogP contribution is -2.47. The van der Waals surface area contributed by atoms with Gasteiger partial charge in [0.05, 0.1) is 0 Å². The third-order valence-electron chi connectivity index (χ3n) is 7.50. The van der Waals surface area contributed by atoms with Gasteiger partial charge in [-0.15, -0.1) is 0 Å². The van der Waals surface area contributed by atoms with E-state index in [1.165, 1.54) is 30.0 Å². The zero-order valence-corrected chi connectivity index (χ0v) is 22.0. The van der Waals surface area contributed by atoms with Crippen LogP contribution in [-0.2, 0) is 10.3 Å². The number of benzene rings is 3. The average Bonchev–Trinajstić information content (AvgIpc) is 3.23. The van der Waals surface area contributed by atoms with Crippen molar-refractivity contribution in [2.45, 2.75) is 25.8 Å². The number of hydrogen-bond acceptors (Lipinski definition) is 4. The molecule has 0 radical (unpaired) electrons. The van der Waals surface area contributed by atoms with E-state index in [4.69, 9.17) is 4.99 Å². The number of anilines is 1. The van der Waals surface area contributed by atoms with Crippen molar-refractivity contribution in [2.75, 3.05) is 44.2 Å². The number of para-hydroxylation sites is 1. The monoisotopic (exact) mass is 516 g/mol. The van der Waals surface area contributed by atoms with Gasteiger partial charge in [0.1, 0.15) is 17.5 Å². The van der Waals surface area contributed by atoms with E-state index >= 15 is 0 Å². The number of piperazine rings is 1. The minimum Gasteiger partial charge on any atom is -0.369 e. The second-order valence-corrected chi connectivity index (χ2v) is 10.3. The van der Waals surface area contributed by atoms with Crippen LogP contribution in [0.15, 0.2) is 83.9 Å². The van der Waals surface area contributed by atoms with Gasteiger partial charge in [0.25, 0.3) is 5.91 Å². The predicted molar refractivity (Wildman–Crippen MR) is 147 cm³/mol. The number of amides is 1. The lowest BCUT2D eigenvalue weighted by atomic mass is 9.82. The normalized spacial score (nSPS) is 17.8. The van der Waals surface area contributed by atoms with Crippen molar-refractivity contribution >= 4 is 17.4 Å². The first-order valence-electron chi connectivity index (χ1n) is 13.3. The molecule has 1 fully saturated rings. The number of carbonyl (C=O) groups excluding carboxylic acids is 1. The first-order chi connectivity index (χ1) is 18.4. The summed E-state index contributed by atoms with van der Waals surface area (Å²) in [5.74, 6) is -0.224. The van der Waals surface area contributed by atoms with Gasteiger partial charge in [-0.3, -0.25) is 14.6 Å². The van der Waals surface area contributed by atoms with Crippen LogP contribution in [0.2, 0.25) is 0 Å². The highest BCUT2D eigenvalue weighted by Gasteiger charge is 2.51. The van der Waals surface area contributed by atoms with Crippen molar-refractivity contribution in [3.8, 4) is 0 Å². The van der Waals surface area contributed by atoms with E-state index in [0.29, 0.717) is 23.5 Å². The number of halogens is 2. The van der Waals surface area contributed by atoms with Gasteiger partial charge in [0, 0.05) is 44.3 Å². The van der Waals surface area contributed by atoms with E-state index in [0.717, 1.165) is 39.1 Å². The molecule has 0 aromatic heterocycles. The Labute approximate surface area is 223 Å². The van der Waals surface area contributed by atoms with Crippen molar-refractivity contribution in [3.63, 3.8) is 0 Å². The molecular formula is C31H34F2N4O. The van der Waals surface area contributed by atoms with E-state index in [2.05, 4.69) is 34.1 Å². The Bertz CT molecular complexity index is 1220. The van der Waals surface area contributed by atoms with Gasteiger partial charge in [-0.25, -0.2) is 13.8 Å². The molecule has 2 aliphatic heterocycles. The molecule has 0 aliphatic carbocycles. The highest BCUT2D eigenvalue weighted by Crippen LogP contribution is 2.41. The maximum atomic E-state index is 14.2. The van der Waals surface area contributed by atoms with E-state index in [1.54, 1.807) is 29.2 Å². The second-order valence-electron chi connectivity index (χ2n) is 10.3. The molecule has 0 unspecified atom stereocenters. The molecule has 0 N–H and O–H groups in total. The lowest BCUT2D eigenvalue weighted by molar-refractivity contribution is -0.130. The number of aliphatic imine (C=N–C) groups is 1. The van der Waals surface area contributed by atoms with E-state index < -0.39 is 5.54 Å². The molecule has 0 bridgehead atoms. The first kappa shape index (κ1) is 26.0. The molecular weight excluding hydrogens is 482 g/mol. The fraction of sp³-hybridized carbons (Fsp3) is 0.355. The molecule has 5 rings (SSSR count). The maximum Gasteiger partial charge on any atom is 0.265 e. The van der Waals surface area contributed by atoms with Crippen molar-refractivity contribution in [2.24, 2.45) is 10.9 Å². The third-order valence-corrected chi connectivity index (χ3v) is 7.50. The average molecular weight is 517 g/mol. The molecule has 0 atom stereocenters. The predicted octanol–water partition coefficient (Wildman–Crippen LogP) is 5.32. The molecule has 2 heterocycles.